The van der Waals surface area contributed by atoms with Crippen LogP contribution in [-0.4, -0.2) is 40.1 Å². The van der Waals surface area contributed by atoms with Crippen LogP contribution in [0.1, 0.15) is 19.0 Å². The van der Waals surface area contributed by atoms with Gasteiger partial charge in [-0.3, -0.25) is 4.79 Å². The normalized spacial score (nSPS) is 24.9. The number of aliphatic hydroxyl groups is 1. The standard InChI is InChI=1S/C11H17N3O2S/c1-7-2-3-14(5-9(7)15)10(16)4-8-6-17-11(12)13-8/h6-7,9,15H,2-5H2,1H3,(H2,12,13). The van der Waals surface area contributed by atoms with Crippen molar-refractivity contribution in [3.63, 3.8) is 0 Å². The number of nitrogens with two attached hydrogens (primary N) is 1. The van der Waals surface area contributed by atoms with Crippen LogP contribution in [-0.2, 0) is 11.2 Å². The summed E-state index contributed by atoms with van der Waals surface area (Å²) in [5.74, 6) is 0.287. The molecule has 1 fully saturated rings. The van der Waals surface area contributed by atoms with Crippen molar-refractivity contribution in [2.45, 2.75) is 25.9 Å². The van der Waals surface area contributed by atoms with Crippen LogP contribution >= 0.6 is 11.3 Å². The number of likely N-dealkylation sites (tertiary alicyclic amines) is 1. The summed E-state index contributed by atoms with van der Waals surface area (Å²) >= 11 is 1.34. The van der Waals surface area contributed by atoms with Crippen LogP contribution in [0.3, 0.4) is 0 Å². The summed E-state index contributed by atoms with van der Waals surface area (Å²) in [6.07, 6.45) is 0.717. The molecule has 1 aliphatic rings. The molecule has 94 valence electrons. The van der Waals surface area contributed by atoms with E-state index in [2.05, 4.69) is 4.98 Å². The fourth-order valence-electron chi connectivity index (χ4n) is 1.95. The molecule has 17 heavy (non-hydrogen) atoms. The Hall–Kier alpha value is -1.14. The smallest absolute Gasteiger partial charge is 0.228 e. The number of hydrogen-bond acceptors (Lipinski definition) is 5. The number of piperidine rings is 1. The Morgan fingerprint density at radius 2 is 2.53 bits per heavy atom. The van der Waals surface area contributed by atoms with Gasteiger partial charge in [-0.1, -0.05) is 6.92 Å². The number of rotatable bonds is 2. The van der Waals surface area contributed by atoms with Crippen molar-refractivity contribution in [1.82, 2.24) is 9.88 Å². The molecule has 0 bridgehead atoms. The number of carbonyl (C=O) groups excluding carboxylic acids is 1. The van der Waals surface area contributed by atoms with Crippen LogP contribution in [0.4, 0.5) is 5.13 Å². The van der Waals surface area contributed by atoms with Gasteiger partial charge in [0.15, 0.2) is 5.13 Å². The van der Waals surface area contributed by atoms with Gasteiger partial charge in [0.1, 0.15) is 0 Å². The molecule has 2 unspecified atom stereocenters. The molecule has 0 radical (unpaired) electrons. The molecule has 1 aromatic heterocycles. The fourth-order valence-corrected chi connectivity index (χ4v) is 2.51. The van der Waals surface area contributed by atoms with Crippen molar-refractivity contribution in [2.75, 3.05) is 18.8 Å². The maximum absolute atomic E-state index is 12.0. The molecule has 1 aliphatic heterocycles. The van der Waals surface area contributed by atoms with Gasteiger partial charge in [0.05, 0.1) is 18.2 Å². The molecule has 0 saturated carbocycles. The Bertz CT molecular complexity index is 407. The highest BCUT2D eigenvalue weighted by Crippen LogP contribution is 2.18. The number of carbonyl (C=O) groups is 1. The van der Waals surface area contributed by atoms with Crippen molar-refractivity contribution in [2.24, 2.45) is 5.92 Å². The molecular formula is C11H17N3O2S. The maximum atomic E-state index is 12.0. The Morgan fingerprint density at radius 1 is 1.76 bits per heavy atom. The van der Waals surface area contributed by atoms with Gasteiger partial charge in [-0.05, 0) is 12.3 Å². The first-order valence-corrected chi connectivity index (χ1v) is 6.60. The molecule has 6 heteroatoms. The molecule has 2 heterocycles. The van der Waals surface area contributed by atoms with Gasteiger partial charge >= 0.3 is 0 Å². The van der Waals surface area contributed by atoms with E-state index in [4.69, 9.17) is 5.73 Å². The number of β-amino-alcohol motifs (C(OH)–C–C–N with tert-alkyl or cyclic N) is 1. The molecule has 3 N–H and O–H groups in total. The van der Waals surface area contributed by atoms with E-state index in [9.17, 15) is 9.90 Å². The Morgan fingerprint density at radius 3 is 3.12 bits per heavy atom. The number of nitrogen functional groups attached to an aromatic ring is 1. The SMILES string of the molecule is CC1CCN(C(=O)Cc2csc(N)n2)CC1O. The molecule has 2 atom stereocenters. The minimum atomic E-state index is -0.409. The number of anilines is 1. The van der Waals surface area contributed by atoms with Gasteiger partial charge in [-0.15, -0.1) is 11.3 Å². The zero-order valence-electron chi connectivity index (χ0n) is 9.80. The topological polar surface area (TPSA) is 79.5 Å². The largest absolute Gasteiger partial charge is 0.391 e. The van der Waals surface area contributed by atoms with E-state index in [1.54, 1.807) is 10.3 Å². The molecule has 1 aromatic rings. The number of hydrogen-bond donors (Lipinski definition) is 2. The van der Waals surface area contributed by atoms with E-state index >= 15 is 0 Å². The van der Waals surface area contributed by atoms with Gasteiger partial charge in [0.2, 0.25) is 5.91 Å². The van der Waals surface area contributed by atoms with Crippen molar-refractivity contribution < 1.29 is 9.90 Å². The predicted octanol–water partition coefficient (Wildman–Crippen LogP) is 0.497. The monoisotopic (exact) mass is 255 g/mol. The third-order valence-electron chi connectivity index (χ3n) is 3.17. The third kappa shape index (κ3) is 2.95. The van der Waals surface area contributed by atoms with Crippen molar-refractivity contribution in [3.8, 4) is 0 Å². The van der Waals surface area contributed by atoms with Gasteiger partial charge < -0.3 is 15.7 Å². The minimum Gasteiger partial charge on any atom is -0.391 e. The summed E-state index contributed by atoms with van der Waals surface area (Å²) in [5.41, 5.74) is 6.23. The second-order valence-corrected chi connectivity index (χ2v) is 5.42. The Balaban J connectivity index is 1.92. The summed E-state index contributed by atoms with van der Waals surface area (Å²) < 4.78 is 0. The first-order valence-electron chi connectivity index (χ1n) is 5.72. The zero-order valence-corrected chi connectivity index (χ0v) is 10.6. The highest BCUT2D eigenvalue weighted by molar-refractivity contribution is 7.13. The van der Waals surface area contributed by atoms with E-state index < -0.39 is 6.10 Å². The molecule has 2 rings (SSSR count). The van der Waals surface area contributed by atoms with E-state index in [0.29, 0.717) is 17.4 Å². The number of amides is 1. The number of thiazole rings is 1. The maximum Gasteiger partial charge on any atom is 0.228 e. The van der Waals surface area contributed by atoms with Crippen LogP contribution in [0.15, 0.2) is 5.38 Å². The molecule has 0 aromatic carbocycles. The summed E-state index contributed by atoms with van der Waals surface area (Å²) in [4.78, 5) is 17.7. The van der Waals surface area contributed by atoms with Crippen LogP contribution in [0.5, 0.6) is 0 Å². The van der Waals surface area contributed by atoms with E-state index in [0.717, 1.165) is 13.0 Å². The summed E-state index contributed by atoms with van der Waals surface area (Å²) in [6, 6.07) is 0. The molecule has 1 saturated heterocycles. The molecule has 5 nitrogen and oxygen atoms in total. The van der Waals surface area contributed by atoms with E-state index in [-0.39, 0.29) is 18.2 Å². The molecule has 0 spiro atoms. The van der Waals surface area contributed by atoms with E-state index in [1.165, 1.54) is 11.3 Å². The van der Waals surface area contributed by atoms with Crippen LogP contribution in [0, 0.1) is 5.92 Å². The first kappa shape index (κ1) is 12.3. The van der Waals surface area contributed by atoms with Crippen LogP contribution in [0.25, 0.3) is 0 Å². The molecule has 1 amide bonds. The highest BCUT2D eigenvalue weighted by Gasteiger charge is 2.27. The lowest BCUT2D eigenvalue weighted by Crippen LogP contribution is -2.46. The Kier molecular flexibility index (Phi) is 3.63. The van der Waals surface area contributed by atoms with Crippen molar-refractivity contribution in [3.05, 3.63) is 11.1 Å². The average Bonchev–Trinajstić information content (AvgIpc) is 2.68. The third-order valence-corrected chi connectivity index (χ3v) is 3.90. The van der Waals surface area contributed by atoms with Crippen molar-refractivity contribution in [1.29, 1.82) is 0 Å². The number of aromatic nitrogens is 1. The first-order chi connectivity index (χ1) is 8.06. The van der Waals surface area contributed by atoms with Gasteiger partial charge in [-0.2, -0.15) is 0 Å². The van der Waals surface area contributed by atoms with Crippen LogP contribution in [0.2, 0.25) is 0 Å². The Labute approximate surface area is 104 Å². The number of nitrogens with zero attached hydrogens (tertiary/aromatic N) is 2. The van der Waals surface area contributed by atoms with Crippen molar-refractivity contribution >= 4 is 22.4 Å². The predicted molar refractivity (Wildman–Crippen MR) is 66.6 cm³/mol. The summed E-state index contributed by atoms with van der Waals surface area (Å²) in [6.45, 7) is 3.16. The average molecular weight is 255 g/mol. The minimum absolute atomic E-state index is 0.0150. The zero-order chi connectivity index (χ0) is 12.4. The van der Waals surface area contributed by atoms with Crippen LogP contribution < -0.4 is 5.73 Å². The second kappa shape index (κ2) is 5.01. The lowest BCUT2D eigenvalue weighted by Gasteiger charge is -2.34. The van der Waals surface area contributed by atoms with Gasteiger partial charge in [0.25, 0.3) is 0 Å². The number of aliphatic hydroxyl groups excluding tert-OH is 1. The van der Waals surface area contributed by atoms with E-state index in [1.807, 2.05) is 6.92 Å². The van der Waals surface area contributed by atoms with Gasteiger partial charge in [0, 0.05) is 18.5 Å². The van der Waals surface area contributed by atoms with Gasteiger partial charge in [-0.25, -0.2) is 4.98 Å². The highest BCUT2D eigenvalue weighted by atomic mass is 32.1. The summed E-state index contributed by atoms with van der Waals surface area (Å²) in [7, 11) is 0. The summed E-state index contributed by atoms with van der Waals surface area (Å²) in [5, 5.41) is 12.0. The lowest BCUT2D eigenvalue weighted by atomic mass is 9.96. The second-order valence-electron chi connectivity index (χ2n) is 4.53. The molecule has 0 aliphatic carbocycles. The quantitative estimate of drug-likeness (QED) is 0.806. The fraction of sp³-hybridized carbons (Fsp3) is 0.636. The lowest BCUT2D eigenvalue weighted by molar-refractivity contribution is -0.134. The molecular weight excluding hydrogens is 238 g/mol.